The lowest BCUT2D eigenvalue weighted by molar-refractivity contribution is 0.405. The quantitative estimate of drug-likeness (QED) is 0.648. The van der Waals surface area contributed by atoms with E-state index in [4.69, 9.17) is 16.1 Å². The van der Waals surface area contributed by atoms with Gasteiger partial charge in [-0.2, -0.15) is 4.98 Å². The summed E-state index contributed by atoms with van der Waals surface area (Å²) in [5, 5.41) is 7.98. The first kappa shape index (κ1) is 17.4. The summed E-state index contributed by atoms with van der Waals surface area (Å²) in [7, 11) is 4.13. The van der Waals surface area contributed by atoms with Crippen molar-refractivity contribution in [2.45, 2.75) is 6.42 Å². The number of aromatic nitrogens is 3. The van der Waals surface area contributed by atoms with Crippen molar-refractivity contribution in [2.75, 3.05) is 32.5 Å². The van der Waals surface area contributed by atoms with Gasteiger partial charge >= 0.3 is 0 Å². The molecule has 0 unspecified atom stereocenters. The second kappa shape index (κ2) is 8.09. The van der Waals surface area contributed by atoms with Crippen molar-refractivity contribution < 1.29 is 4.52 Å². The van der Waals surface area contributed by atoms with E-state index in [2.05, 4.69) is 39.4 Å². The van der Waals surface area contributed by atoms with Crippen molar-refractivity contribution in [1.82, 2.24) is 20.0 Å². The highest BCUT2D eigenvalue weighted by atomic mass is 35.5. The van der Waals surface area contributed by atoms with Gasteiger partial charge in [0.1, 0.15) is 5.82 Å². The van der Waals surface area contributed by atoms with Crippen LogP contribution in [0.4, 0.5) is 5.82 Å². The lowest BCUT2D eigenvalue weighted by Crippen LogP contribution is -2.16. The summed E-state index contributed by atoms with van der Waals surface area (Å²) in [6, 6.07) is 11.1. The summed E-state index contributed by atoms with van der Waals surface area (Å²) in [6.45, 7) is 1.92. The first-order chi connectivity index (χ1) is 12.1. The lowest BCUT2D eigenvalue weighted by Gasteiger charge is -2.10. The SMILES string of the molecule is CN(C)CCCNc1ccc(-c2nc(-c3ccc(Cl)cc3)no2)cn1. The van der Waals surface area contributed by atoms with E-state index in [0.29, 0.717) is 16.7 Å². The van der Waals surface area contributed by atoms with Crippen LogP contribution in [0.15, 0.2) is 47.1 Å². The van der Waals surface area contributed by atoms with E-state index in [1.807, 2.05) is 24.3 Å². The Bertz CT molecular complexity index is 799. The van der Waals surface area contributed by atoms with Crippen molar-refractivity contribution in [1.29, 1.82) is 0 Å². The Balaban J connectivity index is 1.63. The third-order valence-electron chi connectivity index (χ3n) is 3.63. The zero-order valence-corrected chi connectivity index (χ0v) is 15.0. The fraction of sp³-hybridized carbons (Fsp3) is 0.278. The van der Waals surface area contributed by atoms with Crippen LogP contribution in [0.2, 0.25) is 5.02 Å². The fourth-order valence-corrected chi connectivity index (χ4v) is 2.42. The molecule has 0 saturated heterocycles. The highest BCUT2D eigenvalue weighted by Gasteiger charge is 2.11. The van der Waals surface area contributed by atoms with Crippen molar-refractivity contribution in [3.8, 4) is 22.8 Å². The summed E-state index contributed by atoms with van der Waals surface area (Å²) < 4.78 is 5.34. The van der Waals surface area contributed by atoms with Gasteiger partial charge in [0.05, 0.1) is 5.56 Å². The minimum Gasteiger partial charge on any atom is -0.370 e. The van der Waals surface area contributed by atoms with Gasteiger partial charge in [0, 0.05) is 23.3 Å². The zero-order chi connectivity index (χ0) is 17.6. The molecular formula is C18H20ClN5O. The van der Waals surface area contributed by atoms with Gasteiger partial charge in [0.25, 0.3) is 5.89 Å². The first-order valence-corrected chi connectivity index (χ1v) is 8.44. The van der Waals surface area contributed by atoms with Gasteiger partial charge in [-0.1, -0.05) is 16.8 Å². The highest BCUT2D eigenvalue weighted by Crippen LogP contribution is 2.23. The number of halogens is 1. The van der Waals surface area contributed by atoms with Gasteiger partial charge < -0.3 is 14.7 Å². The standard InChI is InChI=1S/C18H20ClN5O/c1-24(2)11-3-10-20-16-9-6-14(12-21-16)18-22-17(23-25-18)13-4-7-15(19)8-5-13/h4-9,12H,3,10-11H2,1-2H3,(H,20,21). The average molecular weight is 358 g/mol. The van der Waals surface area contributed by atoms with E-state index in [9.17, 15) is 0 Å². The molecule has 25 heavy (non-hydrogen) atoms. The second-order valence-electron chi connectivity index (χ2n) is 5.95. The Morgan fingerprint density at radius 2 is 1.84 bits per heavy atom. The molecule has 0 bridgehead atoms. The molecule has 0 aliphatic carbocycles. The molecule has 3 rings (SSSR count). The molecular weight excluding hydrogens is 338 g/mol. The molecule has 0 saturated carbocycles. The summed E-state index contributed by atoms with van der Waals surface area (Å²) in [5.41, 5.74) is 1.64. The normalized spacial score (nSPS) is 11.0. The van der Waals surface area contributed by atoms with Crippen LogP contribution in [0, 0.1) is 0 Å². The second-order valence-corrected chi connectivity index (χ2v) is 6.38. The van der Waals surface area contributed by atoms with E-state index in [0.717, 1.165) is 36.5 Å². The van der Waals surface area contributed by atoms with Gasteiger partial charge in [0.15, 0.2) is 0 Å². The van der Waals surface area contributed by atoms with Crippen LogP contribution >= 0.6 is 11.6 Å². The number of pyridine rings is 1. The van der Waals surface area contributed by atoms with E-state index in [-0.39, 0.29) is 0 Å². The number of hydrogen-bond acceptors (Lipinski definition) is 6. The van der Waals surface area contributed by atoms with Crippen molar-refractivity contribution in [3.05, 3.63) is 47.6 Å². The van der Waals surface area contributed by atoms with E-state index in [1.54, 1.807) is 18.3 Å². The van der Waals surface area contributed by atoms with Gasteiger partial charge in [-0.15, -0.1) is 0 Å². The number of nitrogens with one attached hydrogen (secondary N) is 1. The molecule has 0 spiro atoms. The molecule has 0 atom stereocenters. The number of rotatable bonds is 7. The smallest absolute Gasteiger partial charge is 0.259 e. The third kappa shape index (κ3) is 4.78. The van der Waals surface area contributed by atoms with Gasteiger partial charge in [-0.25, -0.2) is 4.98 Å². The molecule has 1 N–H and O–H groups in total. The van der Waals surface area contributed by atoms with Crippen LogP contribution in [-0.4, -0.2) is 47.2 Å². The van der Waals surface area contributed by atoms with E-state index < -0.39 is 0 Å². The Labute approximate surface area is 151 Å². The molecule has 0 aliphatic rings. The molecule has 0 fully saturated rings. The van der Waals surface area contributed by atoms with Crippen molar-refractivity contribution in [3.63, 3.8) is 0 Å². The minimum absolute atomic E-state index is 0.441. The number of hydrogen-bond donors (Lipinski definition) is 1. The topological polar surface area (TPSA) is 67.1 Å². The first-order valence-electron chi connectivity index (χ1n) is 8.06. The third-order valence-corrected chi connectivity index (χ3v) is 3.88. The lowest BCUT2D eigenvalue weighted by atomic mass is 10.2. The molecule has 2 aromatic heterocycles. The van der Waals surface area contributed by atoms with Crippen LogP contribution in [0.1, 0.15) is 6.42 Å². The largest absolute Gasteiger partial charge is 0.370 e. The van der Waals surface area contributed by atoms with E-state index in [1.165, 1.54) is 0 Å². The highest BCUT2D eigenvalue weighted by molar-refractivity contribution is 6.30. The van der Waals surface area contributed by atoms with Crippen LogP contribution in [0.5, 0.6) is 0 Å². The Kier molecular flexibility index (Phi) is 5.63. The van der Waals surface area contributed by atoms with Gasteiger partial charge in [0.2, 0.25) is 5.82 Å². The molecule has 0 radical (unpaired) electrons. The number of nitrogens with zero attached hydrogens (tertiary/aromatic N) is 4. The maximum Gasteiger partial charge on any atom is 0.259 e. The molecule has 0 amide bonds. The minimum atomic E-state index is 0.441. The van der Waals surface area contributed by atoms with Gasteiger partial charge in [-0.3, -0.25) is 0 Å². The molecule has 0 aliphatic heterocycles. The average Bonchev–Trinajstić information content (AvgIpc) is 3.10. The molecule has 6 nitrogen and oxygen atoms in total. The maximum atomic E-state index is 5.90. The molecule has 1 aromatic carbocycles. The van der Waals surface area contributed by atoms with Crippen LogP contribution < -0.4 is 5.32 Å². The molecule has 7 heteroatoms. The van der Waals surface area contributed by atoms with Gasteiger partial charge in [-0.05, 0) is 63.5 Å². The molecule has 130 valence electrons. The zero-order valence-electron chi connectivity index (χ0n) is 14.2. The Morgan fingerprint density at radius 3 is 2.52 bits per heavy atom. The number of anilines is 1. The van der Waals surface area contributed by atoms with E-state index >= 15 is 0 Å². The molecule has 3 aromatic rings. The number of benzene rings is 1. The Hall–Kier alpha value is -2.44. The van der Waals surface area contributed by atoms with Crippen LogP contribution in [-0.2, 0) is 0 Å². The fourth-order valence-electron chi connectivity index (χ4n) is 2.29. The maximum absolute atomic E-state index is 5.90. The van der Waals surface area contributed by atoms with Crippen molar-refractivity contribution in [2.24, 2.45) is 0 Å². The van der Waals surface area contributed by atoms with Crippen LogP contribution in [0.3, 0.4) is 0 Å². The Morgan fingerprint density at radius 1 is 1.08 bits per heavy atom. The predicted octanol–water partition coefficient (Wildman–Crippen LogP) is 3.82. The monoisotopic (exact) mass is 357 g/mol. The summed E-state index contributed by atoms with van der Waals surface area (Å²) >= 11 is 5.90. The predicted molar refractivity (Wildman–Crippen MR) is 99.6 cm³/mol. The van der Waals surface area contributed by atoms with Crippen molar-refractivity contribution >= 4 is 17.4 Å². The van der Waals surface area contributed by atoms with Crippen LogP contribution in [0.25, 0.3) is 22.8 Å². The summed E-state index contributed by atoms with van der Waals surface area (Å²) in [5.74, 6) is 1.80. The molecule has 2 heterocycles. The summed E-state index contributed by atoms with van der Waals surface area (Å²) in [4.78, 5) is 11.0. The summed E-state index contributed by atoms with van der Waals surface area (Å²) in [6.07, 6.45) is 2.79.